The number of nitrogen functional groups attached to an aromatic ring is 1. The van der Waals surface area contributed by atoms with E-state index >= 15 is 0 Å². The van der Waals surface area contributed by atoms with Gasteiger partial charge in [-0.25, -0.2) is 9.18 Å². The first-order chi connectivity index (χ1) is 10.7. The van der Waals surface area contributed by atoms with E-state index in [1.165, 1.54) is 6.07 Å². The van der Waals surface area contributed by atoms with E-state index < -0.39 is 11.4 Å². The molecule has 0 aromatic heterocycles. The summed E-state index contributed by atoms with van der Waals surface area (Å²) < 4.78 is 19.2. The zero-order chi connectivity index (χ0) is 16.8. The fourth-order valence-corrected chi connectivity index (χ4v) is 3.44. The topological polar surface area (TPSA) is 58.8 Å². The molecule has 23 heavy (non-hydrogen) atoms. The molecule has 0 spiro atoms. The monoisotopic (exact) mass is 321 g/mol. The number of fused-ring (bicyclic) bond motifs is 2. The molecule has 2 aliphatic heterocycles. The minimum Gasteiger partial charge on any atom is -0.444 e. The maximum absolute atomic E-state index is 13.7. The summed E-state index contributed by atoms with van der Waals surface area (Å²) in [6.45, 7) is 7.01. The van der Waals surface area contributed by atoms with Crippen molar-refractivity contribution in [1.82, 2.24) is 4.90 Å². The molecule has 2 bridgehead atoms. The van der Waals surface area contributed by atoms with Gasteiger partial charge in [0.15, 0.2) is 0 Å². The normalized spacial score (nSPS) is 24.0. The molecule has 2 saturated heterocycles. The average molecular weight is 321 g/mol. The van der Waals surface area contributed by atoms with Gasteiger partial charge in [-0.15, -0.1) is 0 Å². The third kappa shape index (κ3) is 3.21. The summed E-state index contributed by atoms with van der Waals surface area (Å²) in [4.78, 5) is 16.4. The van der Waals surface area contributed by atoms with Crippen LogP contribution in [-0.4, -0.2) is 41.8 Å². The Morgan fingerprint density at radius 3 is 2.39 bits per heavy atom. The minimum atomic E-state index is -0.492. The van der Waals surface area contributed by atoms with E-state index in [4.69, 9.17) is 10.5 Å². The molecule has 126 valence electrons. The molecule has 0 aliphatic carbocycles. The molecule has 2 N–H and O–H groups in total. The van der Waals surface area contributed by atoms with Crippen molar-refractivity contribution in [3.63, 3.8) is 0 Å². The minimum absolute atomic E-state index is 0.115. The fraction of sp³-hybridized carbons (Fsp3) is 0.588. The number of anilines is 2. The lowest BCUT2D eigenvalue weighted by Gasteiger charge is -2.42. The van der Waals surface area contributed by atoms with Crippen molar-refractivity contribution >= 4 is 17.5 Å². The van der Waals surface area contributed by atoms with E-state index in [0.717, 1.165) is 18.5 Å². The van der Waals surface area contributed by atoms with Crippen molar-refractivity contribution in [2.75, 3.05) is 23.7 Å². The zero-order valence-electron chi connectivity index (χ0n) is 13.9. The van der Waals surface area contributed by atoms with Gasteiger partial charge in [-0.3, -0.25) is 4.90 Å². The first-order valence-electron chi connectivity index (χ1n) is 8.06. The van der Waals surface area contributed by atoms with E-state index in [2.05, 4.69) is 4.90 Å². The summed E-state index contributed by atoms with van der Waals surface area (Å²) in [6.07, 6.45) is 1.67. The second kappa shape index (κ2) is 5.58. The smallest absolute Gasteiger partial charge is 0.410 e. The quantitative estimate of drug-likeness (QED) is 0.808. The highest BCUT2D eigenvalue weighted by molar-refractivity contribution is 5.70. The van der Waals surface area contributed by atoms with E-state index in [0.29, 0.717) is 13.1 Å². The summed E-state index contributed by atoms with van der Waals surface area (Å²) in [5, 5.41) is 0. The first kappa shape index (κ1) is 15.9. The third-order valence-electron chi connectivity index (χ3n) is 4.44. The van der Waals surface area contributed by atoms with E-state index in [1.807, 2.05) is 31.7 Å². The standard InChI is InChI=1S/C17H24FN3O2/c1-17(2,3)23-16(22)21-12-4-5-13(21)10-20(9-12)11-6-7-15(19)14(18)8-11/h6-8,12-13H,4-5,9-10,19H2,1-3H3/t12-,13+. The van der Waals surface area contributed by atoms with Crippen molar-refractivity contribution in [1.29, 1.82) is 0 Å². The van der Waals surface area contributed by atoms with Crippen molar-refractivity contribution < 1.29 is 13.9 Å². The molecule has 5 nitrogen and oxygen atoms in total. The number of carbonyl (C=O) groups excluding carboxylic acids is 1. The summed E-state index contributed by atoms with van der Waals surface area (Å²) in [5.74, 6) is -0.399. The van der Waals surface area contributed by atoms with Crippen molar-refractivity contribution in [3.8, 4) is 0 Å². The second-order valence-electron chi connectivity index (χ2n) is 7.38. The maximum atomic E-state index is 13.7. The lowest BCUT2D eigenvalue weighted by atomic mass is 10.1. The van der Waals surface area contributed by atoms with Crippen LogP contribution < -0.4 is 10.6 Å². The van der Waals surface area contributed by atoms with Gasteiger partial charge >= 0.3 is 6.09 Å². The van der Waals surface area contributed by atoms with Gasteiger partial charge in [-0.05, 0) is 51.8 Å². The zero-order valence-corrected chi connectivity index (χ0v) is 13.9. The molecule has 6 heteroatoms. The van der Waals surface area contributed by atoms with E-state index in [-0.39, 0.29) is 23.9 Å². The number of halogens is 1. The van der Waals surface area contributed by atoms with Crippen LogP contribution in [0.5, 0.6) is 0 Å². The van der Waals surface area contributed by atoms with E-state index in [9.17, 15) is 9.18 Å². The highest BCUT2D eigenvalue weighted by atomic mass is 19.1. The molecular weight excluding hydrogens is 297 g/mol. The van der Waals surface area contributed by atoms with Gasteiger partial charge in [0.05, 0.1) is 17.8 Å². The number of rotatable bonds is 1. The Morgan fingerprint density at radius 2 is 1.87 bits per heavy atom. The Balaban J connectivity index is 1.74. The van der Waals surface area contributed by atoms with Crippen molar-refractivity contribution in [2.24, 2.45) is 0 Å². The molecule has 2 heterocycles. The van der Waals surface area contributed by atoms with Crippen LogP contribution in [0.15, 0.2) is 18.2 Å². The summed E-state index contributed by atoms with van der Waals surface area (Å²) >= 11 is 0. The predicted octanol–water partition coefficient (Wildman–Crippen LogP) is 3.00. The molecule has 1 aromatic carbocycles. The van der Waals surface area contributed by atoms with Crippen LogP contribution in [0.1, 0.15) is 33.6 Å². The number of hydrogen-bond acceptors (Lipinski definition) is 4. The lowest BCUT2D eigenvalue weighted by Crippen LogP contribution is -2.56. The Morgan fingerprint density at radius 1 is 1.26 bits per heavy atom. The highest BCUT2D eigenvalue weighted by Gasteiger charge is 2.44. The predicted molar refractivity (Wildman–Crippen MR) is 87.9 cm³/mol. The van der Waals surface area contributed by atoms with Gasteiger partial charge < -0.3 is 15.4 Å². The van der Waals surface area contributed by atoms with Crippen LogP contribution in [-0.2, 0) is 4.74 Å². The van der Waals surface area contributed by atoms with Crippen molar-refractivity contribution in [3.05, 3.63) is 24.0 Å². The Bertz CT molecular complexity index is 600. The third-order valence-corrected chi connectivity index (χ3v) is 4.44. The van der Waals surface area contributed by atoms with Crippen LogP contribution >= 0.6 is 0 Å². The molecule has 2 atom stereocenters. The molecule has 2 aliphatic rings. The lowest BCUT2D eigenvalue weighted by molar-refractivity contribution is 0.0123. The second-order valence-corrected chi connectivity index (χ2v) is 7.38. The number of ether oxygens (including phenoxy) is 1. The maximum Gasteiger partial charge on any atom is 0.410 e. The Kier molecular flexibility index (Phi) is 3.86. The molecule has 1 aromatic rings. The highest BCUT2D eigenvalue weighted by Crippen LogP contribution is 2.34. The van der Waals surface area contributed by atoms with Crippen molar-refractivity contribution in [2.45, 2.75) is 51.3 Å². The summed E-state index contributed by atoms with van der Waals surface area (Å²) in [5.41, 5.74) is 6.02. The van der Waals surface area contributed by atoms with Gasteiger partial charge in [0, 0.05) is 18.8 Å². The average Bonchev–Trinajstić information content (AvgIpc) is 2.71. The number of hydrogen-bond donors (Lipinski definition) is 1. The molecule has 0 saturated carbocycles. The number of amides is 1. The SMILES string of the molecule is CC(C)(C)OC(=O)N1[C@@H]2CC[C@H]1CN(c1ccc(N)c(F)c1)C2. The van der Waals surface area contributed by atoms with Crippen LogP contribution in [0.4, 0.5) is 20.6 Å². The van der Waals surface area contributed by atoms with Gasteiger partial charge in [0.1, 0.15) is 11.4 Å². The largest absolute Gasteiger partial charge is 0.444 e. The molecule has 2 fully saturated rings. The Labute approximate surface area is 136 Å². The molecular formula is C17H24FN3O2. The molecule has 0 unspecified atom stereocenters. The molecule has 3 rings (SSSR count). The number of benzene rings is 1. The van der Waals surface area contributed by atoms with Gasteiger partial charge in [-0.2, -0.15) is 0 Å². The number of piperazine rings is 1. The number of nitrogens with zero attached hydrogens (tertiary/aromatic N) is 2. The van der Waals surface area contributed by atoms with Gasteiger partial charge in [0.25, 0.3) is 0 Å². The summed E-state index contributed by atoms with van der Waals surface area (Å²) in [6, 6.07) is 5.12. The van der Waals surface area contributed by atoms with Gasteiger partial charge in [-0.1, -0.05) is 0 Å². The van der Waals surface area contributed by atoms with Crippen LogP contribution in [0.2, 0.25) is 0 Å². The van der Waals surface area contributed by atoms with Crippen LogP contribution in [0.3, 0.4) is 0 Å². The molecule has 0 radical (unpaired) electrons. The number of nitrogens with two attached hydrogens (primary N) is 1. The van der Waals surface area contributed by atoms with Gasteiger partial charge in [0.2, 0.25) is 0 Å². The first-order valence-corrected chi connectivity index (χ1v) is 8.06. The van der Waals surface area contributed by atoms with Crippen LogP contribution in [0.25, 0.3) is 0 Å². The summed E-state index contributed by atoms with van der Waals surface area (Å²) in [7, 11) is 0. The Hall–Kier alpha value is -1.98. The molecule has 1 amide bonds. The number of carbonyl (C=O) groups is 1. The fourth-order valence-electron chi connectivity index (χ4n) is 3.44. The van der Waals surface area contributed by atoms with Crippen LogP contribution in [0, 0.1) is 5.82 Å². The van der Waals surface area contributed by atoms with E-state index in [1.54, 1.807) is 6.07 Å².